The summed E-state index contributed by atoms with van der Waals surface area (Å²) in [4.78, 5) is 13.7. The summed E-state index contributed by atoms with van der Waals surface area (Å²) < 4.78 is 1.12. The van der Waals surface area contributed by atoms with Crippen LogP contribution < -0.4 is 0 Å². The maximum atomic E-state index is 11.5. The fourth-order valence-electron chi connectivity index (χ4n) is 2.18. The summed E-state index contributed by atoms with van der Waals surface area (Å²) in [5.74, 6) is 0.344. The Morgan fingerprint density at radius 1 is 1.38 bits per heavy atom. The monoisotopic (exact) mass is 281 g/mol. The molecule has 1 saturated heterocycles. The third kappa shape index (κ3) is 2.36. The van der Waals surface area contributed by atoms with E-state index in [9.17, 15) is 4.79 Å². The lowest BCUT2D eigenvalue weighted by Crippen LogP contribution is -2.37. The number of ketones is 1. The fourth-order valence-corrected chi connectivity index (χ4v) is 2.59. The van der Waals surface area contributed by atoms with Crippen LogP contribution >= 0.6 is 15.9 Å². The Morgan fingerprint density at radius 2 is 2.06 bits per heavy atom. The number of carbonyl (C=O) groups excluding carboxylic acids is 1. The van der Waals surface area contributed by atoms with E-state index in [1.807, 2.05) is 18.2 Å². The topological polar surface area (TPSA) is 20.3 Å². The van der Waals surface area contributed by atoms with Crippen molar-refractivity contribution in [3.63, 3.8) is 0 Å². The molecule has 1 aliphatic heterocycles. The number of rotatable bonds is 2. The molecule has 0 spiro atoms. The molecule has 1 fully saturated rings. The number of carbonyl (C=O) groups is 1. The first-order valence-corrected chi connectivity index (χ1v) is 6.28. The van der Waals surface area contributed by atoms with Crippen LogP contribution in [0.3, 0.4) is 0 Å². The van der Waals surface area contributed by atoms with Crippen molar-refractivity contribution in [1.29, 1.82) is 0 Å². The number of halogens is 1. The smallest absolute Gasteiger partial charge is 0.148 e. The predicted octanol–water partition coefficient (Wildman–Crippen LogP) is 3.00. The standard InChI is InChI=1S/C13H16BrNO/c1-13(2)7-11(16)9-15(13)8-10-5-3-4-6-12(10)14/h3-6H,7-9H2,1-2H3. The average Bonchev–Trinajstić information content (AvgIpc) is 2.43. The van der Waals surface area contributed by atoms with Gasteiger partial charge in [-0.1, -0.05) is 34.1 Å². The Hall–Kier alpha value is -0.670. The van der Waals surface area contributed by atoms with Crippen molar-refractivity contribution in [2.75, 3.05) is 6.54 Å². The second-order valence-electron chi connectivity index (χ2n) is 4.98. The quantitative estimate of drug-likeness (QED) is 0.831. The highest BCUT2D eigenvalue weighted by Crippen LogP contribution is 2.29. The highest BCUT2D eigenvalue weighted by atomic mass is 79.9. The van der Waals surface area contributed by atoms with Crippen LogP contribution in [0.2, 0.25) is 0 Å². The third-order valence-electron chi connectivity index (χ3n) is 3.17. The van der Waals surface area contributed by atoms with Gasteiger partial charge in [0.1, 0.15) is 5.78 Å². The maximum Gasteiger partial charge on any atom is 0.148 e. The Bertz CT molecular complexity index is 414. The summed E-state index contributed by atoms with van der Waals surface area (Å²) in [5, 5.41) is 0. The van der Waals surface area contributed by atoms with Crippen LogP contribution in [0.15, 0.2) is 28.7 Å². The minimum Gasteiger partial charge on any atom is -0.298 e. The van der Waals surface area contributed by atoms with E-state index in [0.717, 1.165) is 11.0 Å². The molecule has 0 N–H and O–H groups in total. The highest BCUT2D eigenvalue weighted by Gasteiger charge is 2.37. The van der Waals surface area contributed by atoms with Crippen molar-refractivity contribution in [2.45, 2.75) is 32.4 Å². The van der Waals surface area contributed by atoms with Crippen molar-refractivity contribution in [3.8, 4) is 0 Å². The van der Waals surface area contributed by atoms with E-state index in [-0.39, 0.29) is 5.54 Å². The molecule has 1 heterocycles. The lowest BCUT2D eigenvalue weighted by atomic mass is 10.0. The molecular formula is C13H16BrNO. The predicted molar refractivity (Wildman–Crippen MR) is 68.3 cm³/mol. The summed E-state index contributed by atoms with van der Waals surface area (Å²) >= 11 is 3.54. The molecule has 0 atom stereocenters. The number of nitrogens with zero attached hydrogens (tertiary/aromatic N) is 1. The van der Waals surface area contributed by atoms with Crippen molar-refractivity contribution >= 4 is 21.7 Å². The van der Waals surface area contributed by atoms with Crippen molar-refractivity contribution in [2.24, 2.45) is 0 Å². The SMILES string of the molecule is CC1(C)CC(=O)CN1Cc1ccccc1Br. The van der Waals surface area contributed by atoms with E-state index >= 15 is 0 Å². The first kappa shape index (κ1) is 11.8. The van der Waals surface area contributed by atoms with Gasteiger partial charge in [0.15, 0.2) is 0 Å². The normalized spacial score (nSPS) is 20.3. The average molecular weight is 282 g/mol. The Kier molecular flexibility index (Phi) is 3.17. The van der Waals surface area contributed by atoms with E-state index in [1.165, 1.54) is 5.56 Å². The molecule has 0 aliphatic carbocycles. The van der Waals surface area contributed by atoms with Crippen LogP contribution in [-0.2, 0) is 11.3 Å². The number of Topliss-reactive ketones (excluding diaryl/α,β-unsaturated/α-hetero) is 1. The molecule has 0 saturated carbocycles. The molecule has 0 bridgehead atoms. The number of likely N-dealkylation sites (tertiary alicyclic amines) is 1. The molecule has 0 amide bonds. The zero-order valence-corrected chi connectivity index (χ0v) is 11.3. The van der Waals surface area contributed by atoms with Crippen LogP contribution in [0.4, 0.5) is 0 Å². The zero-order valence-electron chi connectivity index (χ0n) is 9.66. The summed E-state index contributed by atoms with van der Waals surface area (Å²) in [7, 11) is 0. The third-order valence-corrected chi connectivity index (χ3v) is 3.95. The Morgan fingerprint density at radius 3 is 2.62 bits per heavy atom. The van der Waals surface area contributed by atoms with E-state index < -0.39 is 0 Å². The number of benzene rings is 1. The molecule has 0 unspecified atom stereocenters. The van der Waals surface area contributed by atoms with E-state index in [1.54, 1.807) is 0 Å². The molecular weight excluding hydrogens is 266 g/mol. The molecule has 2 rings (SSSR count). The van der Waals surface area contributed by atoms with Gasteiger partial charge >= 0.3 is 0 Å². The highest BCUT2D eigenvalue weighted by molar-refractivity contribution is 9.10. The molecule has 16 heavy (non-hydrogen) atoms. The largest absolute Gasteiger partial charge is 0.298 e. The molecule has 3 heteroatoms. The molecule has 1 aromatic rings. The Balaban J connectivity index is 2.17. The summed E-state index contributed by atoms with van der Waals surface area (Å²) in [5.41, 5.74) is 1.23. The molecule has 1 aromatic carbocycles. The molecule has 2 nitrogen and oxygen atoms in total. The van der Waals surface area contributed by atoms with Gasteiger partial charge in [0.05, 0.1) is 6.54 Å². The fraction of sp³-hybridized carbons (Fsp3) is 0.462. The second kappa shape index (κ2) is 4.30. The molecule has 1 aliphatic rings. The van der Waals surface area contributed by atoms with Crippen molar-refractivity contribution in [1.82, 2.24) is 4.90 Å². The minimum absolute atomic E-state index is 0.00757. The van der Waals surface area contributed by atoms with Crippen LogP contribution in [0.25, 0.3) is 0 Å². The lowest BCUT2D eigenvalue weighted by molar-refractivity contribution is -0.117. The Labute approximate surface area is 105 Å². The number of hydrogen-bond donors (Lipinski definition) is 0. The van der Waals surface area contributed by atoms with Gasteiger partial charge in [0, 0.05) is 23.0 Å². The first-order chi connectivity index (χ1) is 7.49. The van der Waals surface area contributed by atoms with Gasteiger partial charge in [-0.05, 0) is 25.5 Å². The van der Waals surface area contributed by atoms with Gasteiger partial charge in [0.2, 0.25) is 0 Å². The van der Waals surface area contributed by atoms with Crippen LogP contribution in [0, 0.1) is 0 Å². The summed E-state index contributed by atoms with van der Waals surface area (Å²) in [6, 6.07) is 8.18. The van der Waals surface area contributed by atoms with Crippen molar-refractivity contribution in [3.05, 3.63) is 34.3 Å². The van der Waals surface area contributed by atoms with Gasteiger partial charge < -0.3 is 0 Å². The zero-order chi connectivity index (χ0) is 11.8. The van der Waals surface area contributed by atoms with Gasteiger partial charge in [-0.2, -0.15) is 0 Å². The number of hydrogen-bond acceptors (Lipinski definition) is 2. The van der Waals surface area contributed by atoms with Crippen LogP contribution in [0.1, 0.15) is 25.8 Å². The van der Waals surface area contributed by atoms with E-state index in [2.05, 4.69) is 40.7 Å². The maximum absolute atomic E-state index is 11.5. The second-order valence-corrected chi connectivity index (χ2v) is 5.83. The van der Waals surface area contributed by atoms with Gasteiger partial charge in [-0.3, -0.25) is 9.69 Å². The first-order valence-electron chi connectivity index (χ1n) is 5.49. The molecule has 0 aromatic heterocycles. The van der Waals surface area contributed by atoms with Crippen LogP contribution in [0.5, 0.6) is 0 Å². The minimum atomic E-state index is -0.00757. The lowest BCUT2D eigenvalue weighted by Gasteiger charge is -2.30. The van der Waals surface area contributed by atoms with Crippen molar-refractivity contribution < 1.29 is 4.79 Å². The van der Waals surface area contributed by atoms with Gasteiger partial charge in [0.25, 0.3) is 0 Å². The van der Waals surface area contributed by atoms with Crippen LogP contribution in [-0.4, -0.2) is 22.8 Å². The van der Waals surface area contributed by atoms with E-state index in [4.69, 9.17) is 0 Å². The summed E-state index contributed by atoms with van der Waals surface area (Å²) in [6.45, 7) is 5.68. The van der Waals surface area contributed by atoms with Gasteiger partial charge in [-0.25, -0.2) is 0 Å². The molecule has 0 radical (unpaired) electrons. The van der Waals surface area contributed by atoms with E-state index in [0.29, 0.717) is 18.7 Å². The molecule has 86 valence electrons. The summed E-state index contributed by atoms with van der Waals surface area (Å²) in [6.07, 6.45) is 0.664. The van der Waals surface area contributed by atoms with Gasteiger partial charge in [-0.15, -0.1) is 0 Å².